The van der Waals surface area contributed by atoms with Gasteiger partial charge in [0.25, 0.3) is 0 Å². The van der Waals surface area contributed by atoms with Crippen LogP contribution in [0, 0.1) is 5.92 Å². The van der Waals surface area contributed by atoms with Crippen LogP contribution in [-0.2, 0) is 0 Å². The molecule has 20 heavy (non-hydrogen) atoms. The maximum Gasteiger partial charge on any atom is 0.323 e. The highest BCUT2D eigenvalue weighted by Crippen LogP contribution is 2.36. The van der Waals surface area contributed by atoms with E-state index >= 15 is 0 Å². The van der Waals surface area contributed by atoms with Crippen LogP contribution in [0.25, 0.3) is 0 Å². The smallest absolute Gasteiger partial charge is 0.323 e. The molecule has 2 aliphatic heterocycles. The standard InChI is InChI=1S/C12H22N4O4/c1-7-9-8(2)15(5-17)12(20)14(4)10(9)16(6-18)11(19)13(7)3/h7-10,17-18H,5-6H2,1-4H3. The van der Waals surface area contributed by atoms with Gasteiger partial charge in [0.15, 0.2) is 0 Å². The summed E-state index contributed by atoms with van der Waals surface area (Å²) in [6.07, 6.45) is -0.496. The van der Waals surface area contributed by atoms with Crippen molar-refractivity contribution in [2.75, 3.05) is 27.6 Å². The maximum absolute atomic E-state index is 12.2. The molecule has 114 valence electrons. The van der Waals surface area contributed by atoms with Gasteiger partial charge in [-0.25, -0.2) is 9.59 Å². The van der Waals surface area contributed by atoms with Gasteiger partial charge in [0.1, 0.15) is 19.6 Å². The number of rotatable bonds is 2. The molecule has 0 aromatic rings. The van der Waals surface area contributed by atoms with E-state index in [9.17, 15) is 19.8 Å². The van der Waals surface area contributed by atoms with Gasteiger partial charge < -0.3 is 20.0 Å². The summed E-state index contributed by atoms with van der Waals surface area (Å²) in [6.45, 7) is 2.96. The highest BCUT2D eigenvalue weighted by Gasteiger charge is 2.53. The average molecular weight is 286 g/mol. The summed E-state index contributed by atoms with van der Waals surface area (Å²) in [7, 11) is 3.26. The lowest BCUT2D eigenvalue weighted by molar-refractivity contribution is -0.104. The Morgan fingerprint density at radius 1 is 0.900 bits per heavy atom. The molecular formula is C12H22N4O4. The zero-order chi connectivity index (χ0) is 15.2. The van der Waals surface area contributed by atoms with Gasteiger partial charge in [0.2, 0.25) is 0 Å². The second kappa shape index (κ2) is 5.10. The predicted octanol–water partition coefficient (Wildman–Crippen LogP) is -0.660. The zero-order valence-corrected chi connectivity index (χ0v) is 12.2. The van der Waals surface area contributed by atoms with Crippen LogP contribution in [0.15, 0.2) is 0 Å². The van der Waals surface area contributed by atoms with Crippen molar-refractivity contribution in [3.8, 4) is 0 Å². The van der Waals surface area contributed by atoms with Crippen LogP contribution in [0.1, 0.15) is 13.8 Å². The first-order chi connectivity index (χ1) is 9.36. The molecule has 2 heterocycles. The molecule has 0 aromatic heterocycles. The van der Waals surface area contributed by atoms with Gasteiger partial charge in [-0.3, -0.25) is 9.80 Å². The molecule has 2 fully saturated rings. The topological polar surface area (TPSA) is 87.6 Å². The Labute approximate surface area is 118 Å². The minimum Gasteiger partial charge on any atom is -0.376 e. The Kier molecular flexibility index (Phi) is 3.79. The monoisotopic (exact) mass is 286 g/mol. The fourth-order valence-electron chi connectivity index (χ4n) is 3.36. The van der Waals surface area contributed by atoms with Crippen molar-refractivity contribution >= 4 is 12.1 Å². The number of carbonyl (C=O) groups is 2. The molecule has 4 unspecified atom stereocenters. The van der Waals surface area contributed by atoms with Crippen LogP contribution in [0.2, 0.25) is 0 Å². The maximum atomic E-state index is 12.2. The first kappa shape index (κ1) is 14.9. The molecule has 4 atom stereocenters. The average Bonchev–Trinajstić information content (AvgIpc) is 2.42. The SMILES string of the molecule is CC1C2C(C)N(CO)C(=O)N(C)C2N(CO)C(=O)N1C. The number of hydrogen-bond acceptors (Lipinski definition) is 4. The molecule has 0 aliphatic carbocycles. The molecule has 2 N–H and O–H groups in total. The summed E-state index contributed by atoms with van der Waals surface area (Å²) in [4.78, 5) is 30.1. The number of aliphatic hydroxyl groups excluding tert-OH is 2. The second-order valence-electron chi connectivity index (χ2n) is 5.48. The van der Waals surface area contributed by atoms with Gasteiger partial charge in [-0.05, 0) is 13.8 Å². The van der Waals surface area contributed by atoms with Crippen molar-refractivity contribution in [3.63, 3.8) is 0 Å². The molecule has 2 rings (SSSR count). The van der Waals surface area contributed by atoms with E-state index < -0.39 is 12.9 Å². The lowest BCUT2D eigenvalue weighted by atomic mass is 9.84. The summed E-state index contributed by atoms with van der Waals surface area (Å²) >= 11 is 0. The normalized spacial score (nSPS) is 34.7. The van der Waals surface area contributed by atoms with Crippen LogP contribution in [0.3, 0.4) is 0 Å². The van der Waals surface area contributed by atoms with Crippen molar-refractivity contribution in [3.05, 3.63) is 0 Å². The van der Waals surface area contributed by atoms with Crippen LogP contribution in [0.5, 0.6) is 0 Å². The molecule has 0 radical (unpaired) electrons. The molecule has 0 bridgehead atoms. The van der Waals surface area contributed by atoms with Crippen molar-refractivity contribution in [2.45, 2.75) is 32.1 Å². The zero-order valence-electron chi connectivity index (χ0n) is 12.2. The fraction of sp³-hybridized carbons (Fsp3) is 0.833. The Morgan fingerprint density at radius 2 is 1.40 bits per heavy atom. The fourth-order valence-corrected chi connectivity index (χ4v) is 3.36. The van der Waals surface area contributed by atoms with Gasteiger partial charge in [0, 0.05) is 32.1 Å². The van der Waals surface area contributed by atoms with Crippen LogP contribution in [0.4, 0.5) is 9.59 Å². The third-order valence-electron chi connectivity index (χ3n) is 4.68. The third-order valence-corrected chi connectivity index (χ3v) is 4.68. The lowest BCUT2D eigenvalue weighted by Crippen LogP contribution is -2.75. The van der Waals surface area contributed by atoms with Gasteiger partial charge >= 0.3 is 12.1 Å². The van der Waals surface area contributed by atoms with E-state index in [-0.39, 0.29) is 36.8 Å². The van der Waals surface area contributed by atoms with Gasteiger partial charge in [-0.15, -0.1) is 0 Å². The van der Waals surface area contributed by atoms with Gasteiger partial charge in [-0.2, -0.15) is 0 Å². The van der Waals surface area contributed by atoms with Crippen molar-refractivity contribution < 1.29 is 19.8 Å². The summed E-state index contributed by atoms with van der Waals surface area (Å²) in [5, 5.41) is 18.9. The highest BCUT2D eigenvalue weighted by atomic mass is 16.3. The predicted molar refractivity (Wildman–Crippen MR) is 70.4 cm³/mol. The number of fused-ring (bicyclic) bond motifs is 1. The summed E-state index contributed by atoms with van der Waals surface area (Å²) < 4.78 is 0. The molecule has 2 aliphatic rings. The third kappa shape index (κ3) is 1.82. The molecule has 0 aromatic carbocycles. The van der Waals surface area contributed by atoms with Gasteiger partial charge in [0.05, 0.1) is 0 Å². The van der Waals surface area contributed by atoms with Crippen molar-refractivity contribution in [1.82, 2.24) is 19.6 Å². The van der Waals surface area contributed by atoms with Crippen molar-refractivity contribution in [2.24, 2.45) is 5.92 Å². The molecular weight excluding hydrogens is 264 g/mol. The van der Waals surface area contributed by atoms with E-state index in [1.54, 1.807) is 19.0 Å². The molecule has 8 heteroatoms. The Hall–Kier alpha value is -1.54. The highest BCUT2D eigenvalue weighted by molar-refractivity contribution is 5.80. The number of nitrogens with zero attached hydrogens (tertiary/aromatic N) is 4. The summed E-state index contributed by atoms with van der Waals surface area (Å²) in [5.74, 6) is -0.0836. The molecule has 0 saturated carbocycles. The number of urea groups is 2. The number of aliphatic hydroxyl groups is 2. The molecule has 8 nitrogen and oxygen atoms in total. The Bertz CT molecular complexity index is 418. The Balaban J connectivity index is 2.45. The first-order valence-corrected chi connectivity index (χ1v) is 6.65. The minimum atomic E-state index is -0.496. The quantitative estimate of drug-likeness (QED) is 0.705. The first-order valence-electron chi connectivity index (χ1n) is 6.65. The van der Waals surface area contributed by atoms with E-state index in [0.29, 0.717) is 0 Å². The second-order valence-corrected chi connectivity index (χ2v) is 5.48. The van der Waals surface area contributed by atoms with Gasteiger partial charge in [-0.1, -0.05) is 0 Å². The summed E-state index contributed by atoms with van der Waals surface area (Å²) in [5.41, 5.74) is 0. The van der Waals surface area contributed by atoms with Crippen LogP contribution >= 0.6 is 0 Å². The van der Waals surface area contributed by atoms with E-state index in [1.165, 1.54) is 14.7 Å². The molecule has 4 amide bonds. The molecule has 0 spiro atoms. The summed E-state index contributed by atoms with van der Waals surface area (Å²) in [6, 6.07) is -0.974. The lowest BCUT2D eigenvalue weighted by Gasteiger charge is -2.57. The Morgan fingerprint density at radius 3 is 1.90 bits per heavy atom. The molecule has 2 saturated heterocycles. The number of hydrogen-bond donors (Lipinski definition) is 2. The van der Waals surface area contributed by atoms with E-state index in [2.05, 4.69) is 0 Å². The van der Waals surface area contributed by atoms with Crippen LogP contribution < -0.4 is 0 Å². The minimum absolute atomic E-state index is 0.0836. The largest absolute Gasteiger partial charge is 0.376 e. The van der Waals surface area contributed by atoms with E-state index in [4.69, 9.17) is 0 Å². The van der Waals surface area contributed by atoms with E-state index in [1.807, 2.05) is 13.8 Å². The van der Waals surface area contributed by atoms with Crippen molar-refractivity contribution in [1.29, 1.82) is 0 Å². The number of carbonyl (C=O) groups excluding carboxylic acids is 2. The van der Waals surface area contributed by atoms with Crippen LogP contribution in [-0.4, -0.2) is 87.7 Å². The van der Waals surface area contributed by atoms with E-state index in [0.717, 1.165) is 0 Å². The number of amides is 4.